The van der Waals surface area contributed by atoms with Gasteiger partial charge in [-0.3, -0.25) is 4.79 Å². The summed E-state index contributed by atoms with van der Waals surface area (Å²) in [6.07, 6.45) is 1.50. The first kappa shape index (κ1) is 10.8. The summed E-state index contributed by atoms with van der Waals surface area (Å²) in [5.74, 6) is 0.0144. The van der Waals surface area contributed by atoms with Crippen LogP contribution in [0.2, 0.25) is 0 Å². The Labute approximate surface area is 107 Å². The Balaban J connectivity index is 2.09. The third-order valence-corrected chi connectivity index (χ3v) is 3.82. The number of ether oxygens (including phenoxy) is 1. The van der Waals surface area contributed by atoms with E-state index in [0.717, 1.165) is 22.0 Å². The molecule has 1 aliphatic carbocycles. The van der Waals surface area contributed by atoms with Crippen molar-refractivity contribution >= 4 is 27.7 Å². The molecule has 17 heavy (non-hydrogen) atoms. The molecule has 0 fully saturated rings. The van der Waals surface area contributed by atoms with Crippen molar-refractivity contribution in [2.75, 3.05) is 6.61 Å². The van der Waals surface area contributed by atoms with Crippen molar-refractivity contribution in [1.82, 2.24) is 0 Å². The Morgan fingerprint density at radius 3 is 3.00 bits per heavy atom. The molecule has 1 aromatic carbocycles. The SMILES string of the molecule is NC1=N[C@@]2(CCc3ccc(Br)cc3C2=O)CO1. The molecule has 0 unspecified atom stereocenters. The van der Waals surface area contributed by atoms with E-state index in [1.165, 1.54) is 0 Å². The molecule has 1 aliphatic heterocycles. The number of fused-ring (bicyclic) bond motifs is 1. The van der Waals surface area contributed by atoms with Crippen molar-refractivity contribution < 1.29 is 9.53 Å². The predicted molar refractivity (Wildman–Crippen MR) is 67.1 cm³/mol. The number of nitrogens with zero attached hydrogens (tertiary/aromatic N) is 1. The number of rotatable bonds is 0. The molecule has 0 saturated heterocycles. The zero-order valence-electron chi connectivity index (χ0n) is 9.07. The van der Waals surface area contributed by atoms with E-state index >= 15 is 0 Å². The average molecular weight is 295 g/mol. The first-order valence-corrected chi connectivity index (χ1v) is 6.21. The van der Waals surface area contributed by atoms with Gasteiger partial charge in [0.2, 0.25) is 0 Å². The van der Waals surface area contributed by atoms with Crippen molar-refractivity contribution in [2.24, 2.45) is 10.7 Å². The third kappa shape index (κ3) is 1.57. The number of benzene rings is 1. The maximum absolute atomic E-state index is 12.5. The fraction of sp³-hybridized carbons (Fsp3) is 0.333. The molecular formula is C12H11BrN2O2. The lowest BCUT2D eigenvalue weighted by molar-refractivity contribution is 0.0835. The Morgan fingerprint density at radius 1 is 1.47 bits per heavy atom. The standard InChI is InChI=1S/C12H11BrN2O2/c13-8-2-1-7-3-4-12(6-17-11(14)15-12)10(16)9(7)5-8/h1-2,5H,3-4,6H2,(H2,14,15)/t12-/m0/s1. The normalized spacial score (nSPS) is 26.6. The summed E-state index contributed by atoms with van der Waals surface area (Å²) in [4.78, 5) is 16.7. The number of carbonyl (C=O) groups is 1. The molecule has 1 aromatic rings. The molecule has 3 rings (SSSR count). The van der Waals surface area contributed by atoms with Crippen LogP contribution in [-0.2, 0) is 11.2 Å². The highest BCUT2D eigenvalue weighted by atomic mass is 79.9. The van der Waals surface area contributed by atoms with Crippen LogP contribution in [0, 0.1) is 0 Å². The Morgan fingerprint density at radius 2 is 2.29 bits per heavy atom. The summed E-state index contributed by atoms with van der Waals surface area (Å²) in [7, 11) is 0. The van der Waals surface area contributed by atoms with E-state index in [0.29, 0.717) is 6.42 Å². The molecule has 0 saturated carbocycles. The molecule has 0 radical (unpaired) electrons. The number of Topliss-reactive ketones (excluding diaryl/α,β-unsaturated/α-hetero) is 1. The van der Waals surface area contributed by atoms with Crippen molar-refractivity contribution in [3.05, 3.63) is 33.8 Å². The number of halogens is 1. The summed E-state index contributed by atoms with van der Waals surface area (Å²) >= 11 is 3.38. The minimum atomic E-state index is -0.780. The lowest BCUT2D eigenvalue weighted by Crippen LogP contribution is -2.42. The van der Waals surface area contributed by atoms with Crippen molar-refractivity contribution in [3.63, 3.8) is 0 Å². The first-order chi connectivity index (χ1) is 8.11. The molecule has 2 N–H and O–H groups in total. The molecule has 5 heteroatoms. The van der Waals surface area contributed by atoms with Crippen molar-refractivity contribution in [1.29, 1.82) is 0 Å². The second-order valence-corrected chi connectivity index (χ2v) is 5.32. The van der Waals surface area contributed by atoms with Gasteiger partial charge < -0.3 is 10.5 Å². The zero-order chi connectivity index (χ0) is 12.0. The quantitative estimate of drug-likeness (QED) is 0.791. The second-order valence-electron chi connectivity index (χ2n) is 4.40. The van der Waals surface area contributed by atoms with Crippen LogP contribution >= 0.6 is 15.9 Å². The van der Waals surface area contributed by atoms with E-state index in [2.05, 4.69) is 20.9 Å². The lowest BCUT2D eigenvalue weighted by atomic mass is 9.78. The molecule has 0 amide bonds. The van der Waals surface area contributed by atoms with Crippen LogP contribution in [0.5, 0.6) is 0 Å². The molecule has 88 valence electrons. The van der Waals surface area contributed by atoms with E-state index < -0.39 is 5.54 Å². The number of carbonyl (C=O) groups excluding carboxylic acids is 1. The smallest absolute Gasteiger partial charge is 0.283 e. The van der Waals surface area contributed by atoms with Crippen LogP contribution in [0.3, 0.4) is 0 Å². The van der Waals surface area contributed by atoms with Gasteiger partial charge in [0.25, 0.3) is 6.02 Å². The maximum Gasteiger partial charge on any atom is 0.283 e. The van der Waals surface area contributed by atoms with E-state index in [1.54, 1.807) is 0 Å². The molecule has 1 heterocycles. The van der Waals surface area contributed by atoms with Gasteiger partial charge in [0.05, 0.1) is 0 Å². The molecule has 2 aliphatic rings. The van der Waals surface area contributed by atoms with Gasteiger partial charge >= 0.3 is 0 Å². The number of aliphatic imine (C=N–C) groups is 1. The fourth-order valence-electron chi connectivity index (χ4n) is 2.40. The van der Waals surface area contributed by atoms with Gasteiger partial charge in [0, 0.05) is 10.0 Å². The Hall–Kier alpha value is -1.36. The highest BCUT2D eigenvalue weighted by Crippen LogP contribution is 2.35. The van der Waals surface area contributed by atoms with Gasteiger partial charge in [0.15, 0.2) is 11.3 Å². The van der Waals surface area contributed by atoms with Crippen LogP contribution in [-0.4, -0.2) is 24.0 Å². The van der Waals surface area contributed by atoms with Crippen molar-refractivity contribution in [3.8, 4) is 0 Å². The number of ketones is 1. The van der Waals surface area contributed by atoms with Crippen LogP contribution < -0.4 is 5.73 Å². The van der Waals surface area contributed by atoms with Crippen LogP contribution in [0.15, 0.2) is 27.7 Å². The van der Waals surface area contributed by atoms with Gasteiger partial charge in [-0.15, -0.1) is 0 Å². The second kappa shape index (κ2) is 3.57. The Bertz CT molecular complexity index is 541. The minimum absolute atomic E-state index is 0.0144. The third-order valence-electron chi connectivity index (χ3n) is 3.33. The minimum Gasteiger partial charge on any atom is -0.462 e. The topological polar surface area (TPSA) is 64.7 Å². The van der Waals surface area contributed by atoms with E-state index in [4.69, 9.17) is 10.5 Å². The number of aryl methyl sites for hydroxylation is 1. The van der Waals surface area contributed by atoms with Gasteiger partial charge in [-0.05, 0) is 30.5 Å². The summed E-state index contributed by atoms with van der Waals surface area (Å²) in [6.45, 7) is 0.267. The molecular weight excluding hydrogens is 284 g/mol. The summed E-state index contributed by atoms with van der Waals surface area (Å²) < 4.78 is 6.06. The summed E-state index contributed by atoms with van der Waals surface area (Å²) in [5.41, 5.74) is 6.54. The maximum atomic E-state index is 12.5. The van der Waals surface area contributed by atoms with Gasteiger partial charge in [-0.2, -0.15) is 0 Å². The number of amidine groups is 1. The van der Waals surface area contributed by atoms with Crippen molar-refractivity contribution in [2.45, 2.75) is 18.4 Å². The lowest BCUT2D eigenvalue weighted by Gasteiger charge is -2.28. The monoisotopic (exact) mass is 294 g/mol. The first-order valence-electron chi connectivity index (χ1n) is 5.42. The molecule has 0 bridgehead atoms. The summed E-state index contributed by atoms with van der Waals surface area (Å²) in [5, 5.41) is 0. The zero-order valence-corrected chi connectivity index (χ0v) is 10.7. The number of hydrogen-bond acceptors (Lipinski definition) is 4. The van der Waals surface area contributed by atoms with Gasteiger partial charge in [-0.25, -0.2) is 4.99 Å². The van der Waals surface area contributed by atoms with E-state index in [1.807, 2.05) is 18.2 Å². The molecule has 1 spiro atoms. The number of nitrogens with two attached hydrogens (primary N) is 1. The van der Waals surface area contributed by atoms with Gasteiger partial charge in [0.1, 0.15) is 6.61 Å². The highest BCUT2D eigenvalue weighted by Gasteiger charge is 2.46. The van der Waals surface area contributed by atoms with E-state index in [9.17, 15) is 4.79 Å². The van der Waals surface area contributed by atoms with Gasteiger partial charge in [-0.1, -0.05) is 22.0 Å². The number of hydrogen-bond donors (Lipinski definition) is 1. The molecule has 4 nitrogen and oxygen atoms in total. The van der Waals surface area contributed by atoms with Crippen LogP contribution in [0.25, 0.3) is 0 Å². The highest BCUT2D eigenvalue weighted by molar-refractivity contribution is 9.10. The molecule has 0 aromatic heterocycles. The van der Waals surface area contributed by atoms with E-state index in [-0.39, 0.29) is 18.4 Å². The summed E-state index contributed by atoms with van der Waals surface area (Å²) in [6, 6.07) is 5.90. The average Bonchev–Trinajstić information content (AvgIpc) is 2.68. The Kier molecular flexibility index (Phi) is 2.26. The molecule has 1 atom stereocenters. The van der Waals surface area contributed by atoms with Crippen LogP contribution in [0.1, 0.15) is 22.3 Å². The van der Waals surface area contributed by atoms with Crippen LogP contribution in [0.4, 0.5) is 0 Å². The largest absolute Gasteiger partial charge is 0.462 e. The predicted octanol–water partition coefficient (Wildman–Crippen LogP) is 1.66. The fourth-order valence-corrected chi connectivity index (χ4v) is 2.76.